The highest BCUT2D eigenvalue weighted by atomic mass is 35.5. The van der Waals surface area contributed by atoms with Gasteiger partial charge in [-0.25, -0.2) is 12.8 Å². The molecule has 242 valence electrons. The minimum atomic E-state index is -4.36. The largest absolute Gasteiger partial charge is 0.497 e. The molecule has 4 rings (SSSR count). The van der Waals surface area contributed by atoms with E-state index in [1.807, 2.05) is 37.3 Å². The Labute approximate surface area is 278 Å². The Balaban J connectivity index is 1.81. The Kier molecular flexibility index (Phi) is 12.0. The molecule has 4 aromatic rings. The van der Waals surface area contributed by atoms with Crippen LogP contribution in [-0.4, -0.2) is 51.4 Å². The SMILES string of the molecule is CCCNC(=O)[C@@H](Cc1ccccc1)N(Cc1ccc(Cl)cc1Cl)C(=O)CN(c1ccc(F)cc1)S(=O)(=O)c1ccc(OC)cc1. The van der Waals surface area contributed by atoms with Crippen molar-refractivity contribution in [2.24, 2.45) is 0 Å². The standard InChI is InChI=1S/C34H34Cl2FN3O5S/c1-3-19-38-34(42)32(20-24-7-5-4-6-8-24)39(22-25-9-10-26(35)21-31(25)36)33(41)23-40(28-13-11-27(37)12-14-28)46(43,44)30-17-15-29(45-2)16-18-30/h4-18,21,32H,3,19-20,22-23H2,1-2H3,(H,38,42)/t32-/m1/s1. The quantitative estimate of drug-likeness (QED) is 0.163. The van der Waals surface area contributed by atoms with Gasteiger partial charge in [-0.1, -0.05) is 66.5 Å². The highest BCUT2D eigenvalue weighted by Crippen LogP contribution is 2.28. The molecule has 0 radical (unpaired) electrons. The molecule has 1 N–H and O–H groups in total. The first-order valence-electron chi connectivity index (χ1n) is 14.5. The van der Waals surface area contributed by atoms with Crippen LogP contribution in [0.25, 0.3) is 0 Å². The fourth-order valence-electron chi connectivity index (χ4n) is 4.76. The molecule has 0 aliphatic carbocycles. The number of hydrogen-bond acceptors (Lipinski definition) is 5. The van der Waals surface area contributed by atoms with E-state index < -0.39 is 40.2 Å². The van der Waals surface area contributed by atoms with Crippen LogP contribution in [0.4, 0.5) is 10.1 Å². The number of nitrogens with zero attached hydrogens (tertiary/aromatic N) is 2. The summed E-state index contributed by atoms with van der Waals surface area (Å²) in [6.07, 6.45) is 0.814. The molecule has 0 aliphatic rings. The van der Waals surface area contributed by atoms with Crippen LogP contribution in [0.15, 0.2) is 102 Å². The molecule has 0 spiro atoms. The van der Waals surface area contributed by atoms with Gasteiger partial charge in [0.25, 0.3) is 10.0 Å². The lowest BCUT2D eigenvalue weighted by Crippen LogP contribution is -2.53. The Hall–Kier alpha value is -4.12. The van der Waals surface area contributed by atoms with Crippen LogP contribution in [0.2, 0.25) is 10.0 Å². The number of benzene rings is 4. The van der Waals surface area contributed by atoms with E-state index in [0.29, 0.717) is 29.3 Å². The Bertz CT molecular complexity index is 1740. The van der Waals surface area contributed by atoms with Gasteiger partial charge in [0, 0.05) is 29.6 Å². The van der Waals surface area contributed by atoms with Crippen LogP contribution in [0.5, 0.6) is 5.75 Å². The number of sulfonamides is 1. The zero-order valence-electron chi connectivity index (χ0n) is 25.3. The summed E-state index contributed by atoms with van der Waals surface area (Å²) in [5.74, 6) is -1.22. The summed E-state index contributed by atoms with van der Waals surface area (Å²) < 4.78 is 48.1. The van der Waals surface area contributed by atoms with Crippen molar-refractivity contribution in [2.45, 2.75) is 37.2 Å². The topological polar surface area (TPSA) is 96.0 Å². The third kappa shape index (κ3) is 8.78. The summed E-state index contributed by atoms with van der Waals surface area (Å²) >= 11 is 12.7. The van der Waals surface area contributed by atoms with Crippen molar-refractivity contribution in [3.63, 3.8) is 0 Å². The minimum absolute atomic E-state index is 0.0603. The molecule has 8 nitrogen and oxygen atoms in total. The predicted octanol–water partition coefficient (Wildman–Crippen LogP) is 6.50. The van der Waals surface area contributed by atoms with Crippen molar-refractivity contribution in [1.29, 1.82) is 0 Å². The zero-order chi connectivity index (χ0) is 33.3. The predicted molar refractivity (Wildman–Crippen MR) is 178 cm³/mol. The molecule has 12 heteroatoms. The summed E-state index contributed by atoms with van der Waals surface area (Å²) in [6, 6.07) is 23.4. The normalized spacial score (nSPS) is 11.8. The van der Waals surface area contributed by atoms with Gasteiger partial charge in [0.05, 0.1) is 17.7 Å². The van der Waals surface area contributed by atoms with E-state index >= 15 is 0 Å². The van der Waals surface area contributed by atoms with Gasteiger partial charge in [-0.05, 0) is 78.2 Å². The highest BCUT2D eigenvalue weighted by Gasteiger charge is 2.35. The van der Waals surface area contributed by atoms with Crippen molar-refractivity contribution in [1.82, 2.24) is 10.2 Å². The van der Waals surface area contributed by atoms with Crippen LogP contribution < -0.4 is 14.4 Å². The van der Waals surface area contributed by atoms with Crippen LogP contribution in [0.3, 0.4) is 0 Å². The first kappa shape index (κ1) is 34.7. The fraction of sp³-hybridized carbons (Fsp3) is 0.235. The number of nitrogens with one attached hydrogen (secondary N) is 1. The van der Waals surface area contributed by atoms with Gasteiger partial charge >= 0.3 is 0 Å². The van der Waals surface area contributed by atoms with Gasteiger partial charge in [-0.15, -0.1) is 0 Å². The molecule has 0 saturated heterocycles. The third-order valence-corrected chi connectivity index (χ3v) is 9.59. The van der Waals surface area contributed by atoms with Crippen molar-refractivity contribution < 1.29 is 27.1 Å². The first-order valence-corrected chi connectivity index (χ1v) is 16.7. The summed E-state index contributed by atoms with van der Waals surface area (Å²) in [4.78, 5) is 29.4. The maximum absolute atomic E-state index is 14.4. The molecule has 0 aromatic heterocycles. The lowest BCUT2D eigenvalue weighted by atomic mass is 10.0. The number of carbonyl (C=O) groups excluding carboxylic acids is 2. The average molecular weight is 687 g/mol. The average Bonchev–Trinajstić information content (AvgIpc) is 3.05. The maximum atomic E-state index is 14.4. The van der Waals surface area contributed by atoms with E-state index in [4.69, 9.17) is 27.9 Å². The van der Waals surface area contributed by atoms with Gasteiger partial charge in [0.1, 0.15) is 24.2 Å². The molecule has 0 bridgehead atoms. The van der Waals surface area contributed by atoms with Gasteiger partial charge < -0.3 is 15.0 Å². The van der Waals surface area contributed by atoms with Crippen molar-refractivity contribution in [2.75, 3.05) is 24.5 Å². The molecular formula is C34H34Cl2FN3O5S. The summed E-state index contributed by atoms with van der Waals surface area (Å²) in [5, 5.41) is 3.55. The van der Waals surface area contributed by atoms with Gasteiger partial charge in [0.15, 0.2) is 0 Å². The Morgan fingerprint density at radius 1 is 0.935 bits per heavy atom. The molecule has 0 fully saturated rings. The van der Waals surface area contributed by atoms with Crippen LogP contribution in [0, 0.1) is 5.82 Å². The van der Waals surface area contributed by atoms with E-state index in [1.165, 1.54) is 54.5 Å². The molecule has 1 atom stereocenters. The Morgan fingerprint density at radius 3 is 2.22 bits per heavy atom. The fourth-order valence-corrected chi connectivity index (χ4v) is 6.65. The van der Waals surface area contributed by atoms with Gasteiger partial charge in [-0.2, -0.15) is 0 Å². The lowest BCUT2D eigenvalue weighted by Gasteiger charge is -2.34. The van der Waals surface area contributed by atoms with Crippen LogP contribution >= 0.6 is 23.2 Å². The summed E-state index contributed by atoms with van der Waals surface area (Å²) in [7, 11) is -2.91. The van der Waals surface area contributed by atoms with Crippen LogP contribution in [-0.2, 0) is 32.6 Å². The van der Waals surface area contributed by atoms with E-state index in [9.17, 15) is 22.4 Å². The van der Waals surface area contributed by atoms with Crippen LogP contribution in [0.1, 0.15) is 24.5 Å². The maximum Gasteiger partial charge on any atom is 0.264 e. The van der Waals surface area contributed by atoms with E-state index in [0.717, 1.165) is 22.0 Å². The smallest absolute Gasteiger partial charge is 0.264 e. The summed E-state index contributed by atoms with van der Waals surface area (Å²) in [6.45, 7) is 1.47. The second kappa shape index (κ2) is 15.9. The molecule has 2 amide bonds. The minimum Gasteiger partial charge on any atom is -0.497 e. The number of hydrogen-bond donors (Lipinski definition) is 1. The van der Waals surface area contributed by atoms with Crippen molar-refractivity contribution in [3.05, 3.63) is 124 Å². The number of anilines is 1. The van der Waals surface area contributed by atoms with E-state index in [1.54, 1.807) is 12.1 Å². The second-order valence-corrected chi connectivity index (χ2v) is 13.1. The third-order valence-electron chi connectivity index (χ3n) is 7.22. The number of ether oxygens (including phenoxy) is 1. The molecule has 0 aliphatic heterocycles. The lowest BCUT2D eigenvalue weighted by molar-refractivity contribution is -0.140. The highest BCUT2D eigenvalue weighted by molar-refractivity contribution is 7.92. The second-order valence-electron chi connectivity index (χ2n) is 10.4. The monoisotopic (exact) mass is 685 g/mol. The number of amides is 2. The zero-order valence-corrected chi connectivity index (χ0v) is 27.7. The van der Waals surface area contributed by atoms with Crippen molar-refractivity contribution in [3.8, 4) is 5.75 Å². The number of rotatable bonds is 14. The van der Waals surface area contributed by atoms with E-state index in [-0.39, 0.29) is 28.6 Å². The molecule has 4 aromatic carbocycles. The molecular weight excluding hydrogens is 652 g/mol. The summed E-state index contributed by atoms with van der Waals surface area (Å²) in [5.41, 5.74) is 1.36. The van der Waals surface area contributed by atoms with E-state index in [2.05, 4.69) is 5.32 Å². The first-order chi connectivity index (χ1) is 22.0. The Morgan fingerprint density at radius 2 is 1.61 bits per heavy atom. The number of halogens is 3. The van der Waals surface area contributed by atoms with Crippen molar-refractivity contribution >= 4 is 50.7 Å². The molecule has 0 saturated carbocycles. The number of carbonyl (C=O) groups is 2. The molecule has 0 unspecified atom stereocenters. The molecule has 0 heterocycles. The number of methoxy groups -OCH3 is 1. The van der Waals surface area contributed by atoms with Gasteiger partial charge in [-0.3, -0.25) is 13.9 Å². The molecule has 46 heavy (non-hydrogen) atoms. The van der Waals surface area contributed by atoms with Gasteiger partial charge in [0.2, 0.25) is 11.8 Å².